The molecule has 2 aliphatic heterocycles. The van der Waals surface area contributed by atoms with Crippen LogP contribution in [0.15, 0.2) is 0 Å². The molecular weight excluding hydrogens is 285 g/mol. The number of likely N-dealkylation sites (tertiary alicyclic amines) is 1. The van der Waals surface area contributed by atoms with Gasteiger partial charge in [-0.25, -0.2) is 0 Å². The van der Waals surface area contributed by atoms with E-state index in [1.54, 1.807) is 0 Å². The molecule has 1 amide bonds. The summed E-state index contributed by atoms with van der Waals surface area (Å²) in [4.78, 5) is 13.6. The van der Waals surface area contributed by atoms with E-state index in [-0.39, 0.29) is 18.5 Å². The molecule has 2 N–H and O–H groups in total. The van der Waals surface area contributed by atoms with Crippen molar-refractivity contribution in [3.05, 3.63) is 0 Å². The molecule has 0 aromatic heterocycles. The minimum absolute atomic E-state index is 0.0254. The molecule has 0 radical (unpaired) electrons. The van der Waals surface area contributed by atoms with E-state index in [4.69, 9.17) is 0 Å². The lowest BCUT2D eigenvalue weighted by molar-refractivity contribution is -0.253. The van der Waals surface area contributed by atoms with E-state index in [1.807, 2.05) is 0 Å². The summed E-state index contributed by atoms with van der Waals surface area (Å²) in [5, 5.41) is 12.9. The van der Waals surface area contributed by atoms with Gasteiger partial charge < -0.3 is 15.3 Å². The van der Waals surface area contributed by atoms with Gasteiger partial charge in [0.25, 0.3) is 0 Å². The second kappa shape index (κ2) is 5.12. The van der Waals surface area contributed by atoms with Gasteiger partial charge in [-0.05, 0) is 25.2 Å². The van der Waals surface area contributed by atoms with Gasteiger partial charge in [0.15, 0.2) is 5.60 Å². The lowest BCUT2D eigenvalue weighted by Crippen LogP contribution is -2.50. The molecule has 0 spiro atoms. The summed E-state index contributed by atoms with van der Waals surface area (Å²) in [5.41, 5.74) is -2.74. The zero-order valence-corrected chi connectivity index (χ0v) is 11.8. The lowest BCUT2D eigenvalue weighted by atomic mass is 9.85. The van der Waals surface area contributed by atoms with E-state index in [0.717, 1.165) is 19.3 Å². The fourth-order valence-corrected chi connectivity index (χ4v) is 3.94. The highest BCUT2D eigenvalue weighted by Crippen LogP contribution is 2.39. The van der Waals surface area contributed by atoms with Crippen molar-refractivity contribution in [3.63, 3.8) is 0 Å². The molecule has 3 aliphatic rings. The van der Waals surface area contributed by atoms with Crippen LogP contribution < -0.4 is 5.32 Å². The second-order valence-electron chi connectivity index (χ2n) is 6.65. The highest BCUT2D eigenvalue weighted by atomic mass is 19.4. The van der Waals surface area contributed by atoms with E-state index in [0.29, 0.717) is 18.4 Å². The van der Waals surface area contributed by atoms with Gasteiger partial charge in [-0.2, -0.15) is 13.2 Å². The molecule has 0 aromatic carbocycles. The van der Waals surface area contributed by atoms with Crippen LogP contribution in [0.2, 0.25) is 0 Å². The molecule has 1 saturated carbocycles. The molecule has 0 unspecified atom stereocenters. The van der Waals surface area contributed by atoms with Gasteiger partial charge in [0.2, 0.25) is 5.91 Å². The second-order valence-corrected chi connectivity index (χ2v) is 6.65. The van der Waals surface area contributed by atoms with Crippen LogP contribution in [-0.2, 0) is 4.79 Å². The van der Waals surface area contributed by atoms with Crippen LogP contribution in [0.1, 0.15) is 38.5 Å². The van der Waals surface area contributed by atoms with Crippen molar-refractivity contribution in [2.75, 3.05) is 13.1 Å². The van der Waals surface area contributed by atoms with Crippen molar-refractivity contribution in [2.45, 2.75) is 62.4 Å². The molecule has 0 bridgehead atoms. The number of nitrogens with zero attached hydrogens (tertiary/aromatic N) is 1. The highest BCUT2D eigenvalue weighted by molar-refractivity contribution is 5.82. The number of aliphatic hydroxyl groups is 1. The molecule has 120 valence electrons. The first-order valence-electron chi connectivity index (χ1n) is 7.64. The van der Waals surface area contributed by atoms with Gasteiger partial charge in [-0.3, -0.25) is 4.79 Å². The van der Waals surface area contributed by atoms with Gasteiger partial charge in [-0.1, -0.05) is 12.8 Å². The van der Waals surface area contributed by atoms with E-state index < -0.39 is 24.7 Å². The largest absolute Gasteiger partial charge is 0.419 e. The molecule has 0 aromatic rings. The average Bonchev–Trinajstić information content (AvgIpc) is 3.01. The molecule has 7 heteroatoms. The number of β-amino-alcohol motifs (C(OH)–C–C–N with tert-alkyl or cyclic N) is 1. The number of rotatable bonds is 1. The van der Waals surface area contributed by atoms with Gasteiger partial charge in [-0.15, -0.1) is 0 Å². The van der Waals surface area contributed by atoms with Crippen molar-refractivity contribution in [2.24, 2.45) is 5.92 Å². The van der Waals surface area contributed by atoms with E-state index >= 15 is 0 Å². The fourth-order valence-electron chi connectivity index (χ4n) is 3.94. The smallest absolute Gasteiger partial charge is 0.379 e. The molecule has 4 atom stereocenters. The lowest BCUT2D eigenvalue weighted by Gasteiger charge is -2.27. The van der Waals surface area contributed by atoms with Crippen molar-refractivity contribution in [1.82, 2.24) is 10.2 Å². The summed E-state index contributed by atoms with van der Waals surface area (Å²) >= 11 is 0. The summed E-state index contributed by atoms with van der Waals surface area (Å²) in [6, 6.07) is -0.0505. The Kier molecular flexibility index (Phi) is 3.68. The number of alkyl halides is 3. The number of hydrogen-bond donors (Lipinski definition) is 2. The maximum Gasteiger partial charge on any atom is 0.419 e. The van der Waals surface area contributed by atoms with Crippen LogP contribution in [0.4, 0.5) is 13.2 Å². The van der Waals surface area contributed by atoms with Gasteiger partial charge in [0.05, 0.1) is 12.6 Å². The van der Waals surface area contributed by atoms with Gasteiger partial charge in [0.1, 0.15) is 0 Å². The Bertz CT molecular complexity index is 415. The summed E-state index contributed by atoms with van der Waals surface area (Å²) in [5.74, 6) is 0.182. The Labute approximate surface area is 121 Å². The fraction of sp³-hybridized carbons (Fsp3) is 0.929. The van der Waals surface area contributed by atoms with Crippen molar-refractivity contribution in [3.8, 4) is 0 Å². The first-order valence-corrected chi connectivity index (χ1v) is 7.64. The average molecular weight is 306 g/mol. The summed E-state index contributed by atoms with van der Waals surface area (Å²) in [7, 11) is 0. The van der Waals surface area contributed by atoms with Crippen LogP contribution in [0.25, 0.3) is 0 Å². The number of amides is 1. The van der Waals surface area contributed by atoms with Crippen LogP contribution in [0.3, 0.4) is 0 Å². The highest BCUT2D eigenvalue weighted by Gasteiger charge is 2.58. The van der Waals surface area contributed by atoms with Crippen molar-refractivity contribution < 1.29 is 23.1 Å². The molecule has 3 fully saturated rings. The van der Waals surface area contributed by atoms with Crippen molar-refractivity contribution >= 4 is 5.91 Å². The molecule has 2 saturated heterocycles. The zero-order chi connectivity index (χ0) is 15.3. The Hall–Kier alpha value is -0.820. The summed E-state index contributed by atoms with van der Waals surface area (Å²) in [6.45, 7) is -0.662. The third-order valence-electron chi connectivity index (χ3n) is 5.25. The molecule has 1 aliphatic carbocycles. The van der Waals surface area contributed by atoms with E-state index in [2.05, 4.69) is 5.32 Å². The summed E-state index contributed by atoms with van der Waals surface area (Å²) in [6.07, 6.45) is 0.0498. The summed E-state index contributed by atoms with van der Waals surface area (Å²) < 4.78 is 38.4. The molecule has 2 heterocycles. The van der Waals surface area contributed by atoms with E-state index in [9.17, 15) is 23.1 Å². The predicted molar refractivity (Wildman–Crippen MR) is 69.5 cm³/mol. The number of halogens is 3. The third-order valence-corrected chi connectivity index (χ3v) is 5.25. The molecule has 4 nitrogen and oxygen atoms in total. The molecular formula is C14H21F3N2O2. The minimum atomic E-state index is -4.68. The SMILES string of the molecule is O=C([C@@H]1C[C@@H]2CCCC[C@H]2N1)N1CC[C@@](O)(C(F)(F)F)C1. The van der Waals surface area contributed by atoms with Gasteiger partial charge in [0, 0.05) is 19.0 Å². The predicted octanol–water partition coefficient (Wildman–Crippen LogP) is 1.43. The first-order chi connectivity index (χ1) is 9.80. The minimum Gasteiger partial charge on any atom is -0.379 e. The van der Waals surface area contributed by atoms with E-state index in [1.165, 1.54) is 11.3 Å². The maximum absolute atomic E-state index is 12.8. The Balaban J connectivity index is 1.62. The number of carbonyl (C=O) groups excluding carboxylic acids is 1. The van der Waals surface area contributed by atoms with Gasteiger partial charge >= 0.3 is 6.18 Å². The number of nitrogens with one attached hydrogen (secondary N) is 1. The third kappa shape index (κ3) is 2.65. The first kappa shape index (κ1) is 15.1. The topological polar surface area (TPSA) is 52.6 Å². The van der Waals surface area contributed by atoms with Crippen LogP contribution in [0, 0.1) is 5.92 Å². The maximum atomic E-state index is 12.8. The van der Waals surface area contributed by atoms with Crippen molar-refractivity contribution in [1.29, 1.82) is 0 Å². The van der Waals surface area contributed by atoms with Crippen LogP contribution >= 0.6 is 0 Å². The normalized spacial score (nSPS) is 40.4. The number of hydrogen-bond acceptors (Lipinski definition) is 3. The monoisotopic (exact) mass is 306 g/mol. The quantitative estimate of drug-likeness (QED) is 0.770. The Morgan fingerprint density at radius 1 is 1.29 bits per heavy atom. The Morgan fingerprint density at radius 3 is 2.62 bits per heavy atom. The van der Waals surface area contributed by atoms with Crippen LogP contribution in [0.5, 0.6) is 0 Å². The standard InChI is InChI=1S/C14H21F3N2O2/c15-14(16,17)13(21)5-6-19(8-13)12(20)11-7-9-3-1-2-4-10(9)18-11/h9-11,18,21H,1-8H2/t9-,10+,11-,13-/m0/s1. The van der Waals surface area contributed by atoms with Crippen LogP contribution in [-0.4, -0.2) is 52.9 Å². The number of carbonyl (C=O) groups is 1. The zero-order valence-electron chi connectivity index (χ0n) is 11.8. The molecule has 21 heavy (non-hydrogen) atoms. The number of fused-ring (bicyclic) bond motifs is 1. The Morgan fingerprint density at radius 2 is 2.00 bits per heavy atom. The molecule has 3 rings (SSSR count).